The second-order valence-electron chi connectivity index (χ2n) is 5.88. The fraction of sp³-hybridized carbons (Fsp3) is 0.312. The van der Waals surface area contributed by atoms with Crippen molar-refractivity contribution in [2.75, 3.05) is 0 Å². The summed E-state index contributed by atoms with van der Waals surface area (Å²) >= 11 is 5.90. The number of aliphatic hydroxyl groups excluding tert-OH is 2. The van der Waals surface area contributed by atoms with E-state index in [0.717, 1.165) is 6.20 Å². The minimum absolute atomic E-state index is 0.126. The molecular formula is C16H16ClNO8S. The van der Waals surface area contributed by atoms with Crippen LogP contribution in [0.1, 0.15) is 5.56 Å². The highest BCUT2D eigenvalue weighted by atomic mass is 35.5. The van der Waals surface area contributed by atoms with Gasteiger partial charge >= 0.3 is 10.1 Å². The molecule has 0 amide bonds. The molecule has 1 aromatic heterocycles. The fourth-order valence-electron chi connectivity index (χ4n) is 2.78. The highest BCUT2D eigenvalue weighted by Gasteiger charge is 2.68. The van der Waals surface area contributed by atoms with E-state index in [4.69, 9.17) is 21.1 Å². The van der Waals surface area contributed by atoms with Crippen LogP contribution in [0.4, 0.5) is 0 Å². The molecule has 1 unspecified atom stereocenters. The van der Waals surface area contributed by atoms with Gasteiger partial charge in [0.15, 0.2) is 0 Å². The van der Waals surface area contributed by atoms with Gasteiger partial charge in [-0.05, 0) is 18.2 Å². The van der Waals surface area contributed by atoms with Crippen LogP contribution in [0.15, 0.2) is 54.9 Å². The van der Waals surface area contributed by atoms with E-state index < -0.39 is 38.6 Å². The quantitative estimate of drug-likeness (QED) is 0.404. The maximum atomic E-state index is 12.2. The molecule has 0 radical (unpaired) electrons. The maximum Gasteiger partial charge on any atom is 0.302 e. The van der Waals surface area contributed by atoms with Gasteiger partial charge in [-0.2, -0.15) is 8.42 Å². The van der Waals surface area contributed by atoms with E-state index in [2.05, 4.69) is 4.98 Å². The van der Waals surface area contributed by atoms with E-state index in [1.54, 1.807) is 18.2 Å². The van der Waals surface area contributed by atoms with Crippen LogP contribution in [0, 0.1) is 0 Å². The molecule has 27 heavy (non-hydrogen) atoms. The maximum absolute atomic E-state index is 12.2. The highest BCUT2D eigenvalue weighted by molar-refractivity contribution is 7.86. The summed E-state index contributed by atoms with van der Waals surface area (Å²) in [4.78, 5) is 0.837. The first-order valence-electron chi connectivity index (χ1n) is 7.65. The van der Waals surface area contributed by atoms with E-state index in [0.29, 0.717) is 0 Å². The second-order valence-corrected chi connectivity index (χ2v) is 8.04. The predicted molar refractivity (Wildman–Crippen MR) is 92.2 cm³/mol. The summed E-state index contributed by atoms with van der Waals surface area (Å²) in [5, 5.41) is 28.4. The van der Waals surface area contributed by atoms with Crippen LogP contribution in [0.2, 0.25) is 0 Å². The summed E-state index contributed by atoms with van der Waals surface area (Å²) in [5.74, 6) is 0.126. The molecule has 1 aliphatic rings. The van der Waals surface area contributed by atoms with Crippen molar-refractivity contribution in [1.82, 2.24) is 4.98 Å². The standard InChI is InChI=1S/C16H16ClNO8S/c17-15(21)12(19)13(20)16(27(22,23)24,10-5-4-8-18-9-10)26-14(15)25-11-6-2-1-3-7-11/h1-9,12-14,19-21H,(H,22,23,24)/t12-,13-,14+,15+,16?/m0/s1. The number of halogens is 1. The van der Waals surface area contributed by atoms with Gasteiger partial charge in [0.05, 0.1) is 0 Å². The Hall–Kier alpha value is -1.79. The summed E-state index contributed by atoms with van der Waals surface area (Å²) in [5.41, 5.74) is -0.298. The molecule has 0 saturated carbocycles. The Morgan fingerprint density at radius 2 is 1.78 bits per heavy atom. The van der Waals surface area contributed by atoms with Gasteiger partial charge in [0.1, 0.15) is 18.0 Å². The van der Waals surface area contributed by atoms with Crippen LogP contribution >= 0.6 is 11.6 Å². The number of rotatable bonds is 4. The molecule has 11 heteroatoms. The van der Waals surface area contributed by atoms with Crippen molar-refractivity contribution in [2.24, 2.45) is 0 Å². The fourth-order valence-corrected chi connectivity index (χ4v) is 4.05. The molecule has 0 aliphatic carbocycles. The number of benzene rings is 1. The van der Waals surface area contributed by atoms with E-state index in [-0.39, 0.29) is 11.3 Å². The summed E-state index contributed by atoms with van der Waals surface area (Å²) in [6.07, 6.45) is -4.29. The van der Waals surface area contributed by atoms with Gasteiger partial charge in [-0.15, -0.1) is 0 Å². The molecule has 5 atom stereocenters. The van der Waals surface area contributed by atoms with Crippen molar-refractivity contribution in [1.29, 1.82) is 0 Å². The van der Waals surface area contributed by atoms with E-state index in [1.165, 1.54) is 30.5 Å². The zero-order valence-electron chi connectivity index (χ0n) is 13.6. The first-order chi connectivity index (χ1) is 12.6. The van der Waals surface area contributed by atoms with Crippen LogP contribution in [0.25, 0.3) is 0 Å². The molecule has 4 N–H and O–H groups in total. The first-order valence-corrected chi connectivity index (χ1v) is 9.47. The molecule has 2 aromatic rings. The molecule has 9 nitrogen and oxygen atoms in total. The monoisotopic (exact) mass is 417 g/mol. The summed E-state index contributed by atoms with van der Waals surface area (Å²) in [7, 11) is -5.22. The number of hydrogen-bond donors (Lipinski definition) is 4. The molecular weight excluding hydrogens is 402 g/mol. The Labute approximate surface area is 159 Å². The number of nitrogens with zero attached hydrogens (tertiary/aromatic N) is 1. The van der Waals surface area contributed by atoms with Crippen molar-refractivity contribution in [3.8, 4) is 5.75 Å². The Bertz CT molecular complexity index is 895. The third-order valence-electron chi connectivity index (χ3n) is 4.15. The number of alkyl halides is 1. The molecule has 1 aliphatic heterocycles. The van der Waals surface area contributed by atoms with Crippen molar-refractivity contribution < 1.29 is 37.8 Å². The topological polar surface area (TPSA) is 146 Å². The normalized spacial score (nSPS) is 34.2. The highest BCUT2D eigenvalue weighted by Crippen LogP contribution is 2.47. The largest absolute Gasteiger partial charge is 0.460 e. The molecule has 1 saturated heterocycles. The van der Waals surface area contributed by atoms with Crippen molar-refractivity contribution in [3.63, 3.8) is 0 Å². The third kappa shape index (κ3) is 3.29. The molecule has 1 fully saturated rings. The van der Waals surface area contributed by atoms with Gasteiger partial charge < -0.3 is 24.8 Å². The molecule has 146 valence electrons. The summed E-state index contributed by atoms with van der Waals surface area (Å²) < 4.78 is 45.0. The van der Waals surface area contributed by atoms with Gasteiger partial charge in [-0.25, -0.2) is 0 Å². The average Bonchev–Trinajstić information content (AvgIpc) is 2.63. The Morgan fingerprint density at radius 3 is 2.33 bits per heavy atom. The molecule has 3 rings (SSSR count). The lowest BCUT2D eigenvalue weighted by Gasteiger charge is -2.49. The zero-order valence-corrected chi connectivity index (χ0v) is 15.2. The number of pyridine rings is 1. The van der Waals surface area contributed by atoms with Crippen molar-refractivity contribution in [2.45, 2.75) is 28.5 Å². The Balaban J connectivity index is 2.14. The second kappa shape index (κ2) is 6.99. The Kier molecular flexibility index (Phi) is 5.16. The van der Waals surface area contributed by atoms with Crippen LogP contribution < -0.4 is 4.74 Å². The minimum atomic E-state index is -5.22. The molecule has 0 bridgehead atoms. The van der Waals surface area contributed by atoms with E-state index in [9.17, 15) is 28.3 Å². The first kappa shape index (κ1) is 20.0. The lowest BCUT2D eigenvalue weighted by Crippen LogP contribution is -2.70. The number of ether oxygens (including phenoxy) is 2. The van der Waals surface area contributed by atoms with Crippen LogP contribution in [0.3, 0.4) is 0 Å². The Morgan fingerprint density at radius 1 is 1.11 bits per heavy atom. The van der Waals surface area contributed by atoms with Gasteiger partial charge in [-0.3, -0.25) is 9.54 Å². The predicted octanol–water partition coefficient (Wildman–Crippen LogP) is 0.207. The van der Waals surface area contributed by atoms with Crippen LogP contribution in [-0.2, 0) is 19.8 Å². The summed E-state index contributed by atoms with van der Waals surface area (Å²) in [6.45, 7) is 0. The van der Waals surface area contributed by atoms with Gasteiger partial charge in [-0.1, -0.05) is 35.9 Å². The SMILES string of the molecule is O=S(=O)(O)C1(c2cccnc2)O[C@@H](Oc2ccccc2)[C@@](O)(Cl)[C@@H](O)[C@@H]1O. The summed E-state index contributed by atoms with van der Waals surface area (Å²) in [6, 6.07) is 10.3. The molecule has 1 aromatic carbocycles. The van der Waals surface area contributed by atoms with Crippen LogP contribution in [0.5, 0.6) is 5.75 Å². The lowest BCUT2D eigenvalue weighted by atomic mass is 9.93. The van der Waals surface area contributed by atoms with Gasteiger partial charge in [0, 0.05) is 18.0 Å². The molecule has 2 heterocycles. The number of hydrogen-bond acceptors (Lipinski definition) is 8. The average molecular weight is 418 g/mol. The van der Waals surface area contributed by atoms with Crippen molar-refractivity contribution >= 4 is 21.7 Å². The number of aromatic nitrogens is 1. The van der Waals surface area contributed by atoms with E-state index in [1.807, 2.05) is 0 Å². The molecule has 0 spiro atoms. The minimum Gasteiger partial charge on any atom is -0.460 e. The number of aliphatic hydroxyl groups is 3. The van der Waals surface area contributed by atoms with E-state index >= 15 is 0 Å². The smallest absolute Gasteiger partial charge is 0.302 e. The number of para-hydroxylation sites is 1. The lowest BCUT2D eigenvalue weighted by molar-refractivity contribution is -0.306. The van der Waals surface area contributed by atoms with Gasteiger partial charge in [0.2, 0.25) is 11.4 Å². The zero-order chi connectivity index (χ0) is 19.9. The third-order valence-corrected chi connectivity index (χ3v) is 5.89. The van der Waals surface area contributed by atoms with Gasteiger partial charge in [0.25, 0.3) is 4.93 Å². The van der Waals surface area contributed by atoms with Crippen molar-refractivity contribution in [3.05, 3.63) is 60.4 Å². The van der Waals surface area contributed by atoms with Crippen LogP contribution in [-0.4, -0.2) is 56.8 Å².